The van der Waals surface area contributed by atoms with Gasteiger partial charge in [-0.3, -0.25) is 0 Å². The summed E-state index contributed by atoms with van der Waals surface area (Å²) >= 11 is 5.80. The number of rotatable bonds is 4. The van der Waals surface area contributed by atoms with Crippen molar-refractivity contribution in [1.29, 1.82) is 0 Å². The Kier molecular flexibility index (Phi) is 3.75. The number of nitrogens with zero attached hydrogens (tertiary/aromatic N) is 2. The minimum atomic E-state index is -3.60. The zero-order chi connectivity index (χ0) is 11.6. The van der Waals surface area contributed by atoms with Crippen LogP contribution < -0.4 is 4.72 Å². The summed E-state index contributed by atoms with van der Waals surface area (Å²) in [6.45, 7) is 3.68. The second-order valence-corrected chi connectivity index (χ2v) is 5.37. The number of hydrogen-bond donors (Lipinski definition) is 1. The fourth-order valence-corrected chi connectivity index (χ4v) is 2.73. The average molecular weight is 252 g/mol. The van der Waals surface area contributed by atoms with Crippen molar-refractivity contribution in [2.24, 2.45) is 7.05 Å². The maximum atomic E-state index is 11.8. The first-order valence-electron chi connectivity index (χ1n) is 4.57. The van der Waals surface area contributed by atoms with Gasteiger partial charge >= 0.3 is 0 Å². The van der Waals surface area contributed by atoms with Crippen molar-refractivity contribution < 1.29 is 8.42 Å². The lowest BCUT2D eigenvalue weighted by Crippen LogP contribution is -2.32. The molecule has 1 N–H and O–H groups in total. The third kappa shape index (κ3) is 2.70. The van der Waals surface area contributed by atoms with E-state index in [0.29, 0.717) is 6.42 Å². The molecule has 1 rings (SSSR count). The van der Waals surface area contributed by atoms with Crippen LogP contribution in [-0.4, -0.2) is 24.0 Å². The summed E-state index contributed by atoms with van der Waals surface area (Å²) in [4.78, 5) is 3.75. The highest BCUT2D eigenvalue weighted by Gasteiger charge is 2.23. The summed E-state index contributed by atoms with van der Waals surface area (Å²) in [6, 6.07) is -0.131. The Balaban J connectivity index is 3.02. The Labute approximate surface area is 94.5 Å². The van der Waals surface area contributed by atoms with Crippen molar-refractivity contribution >= 4 is 21.6 Å². The predicted molar refractivity (Wildman–Crippen MR) is 58.3 cm³/mol. The number of nitrogens with one attached hydrogen (secondary N) is 1. The van der Waals surface area contributed by atoms with Crippen LogP contribution in [-0.2, 0) is 17.1 Å². The molecule has 0 bridgehead atoms. The van der Waals surface area contributed by atoms with Crippen LogP contribution in [0.5, 0.6) is 0 Å². The second kappa shape index (κ2) is 4.51. The fourth-order valence-electron chi connectivity index (χ4n) is 0.978. The standard InChI is InChI=1S/C8H14ClN3O2S/c1-4-6(2)11-15(13,14)8-7(9)12(3)5-10-8/h5-6,11H,4H2,1-3H3. The van der Waals surface area contributed by atoms with E-state index < -0.39 is 10.0 Å². The number of imidazole rings is 1. The number of hydrogen-bond acceptors (Lipinski definition) is 3. The molecule has 1 heterocycles. The van der Waals surface area contributed by atoms with Crippen LogP contribution in [0.25, 0.3) is 0 Å². The summed E-state index contributed by atoms with van der Waals surface area (Å²) in [5, 5.41) is -0.00207. The van der Waals surface area contributed by atoms with Crippen molar-refractivity contribution in [3.63, 3.8) is 0 Å². The Hall–Kier alpha value is -0.590. The molecule has 0 aliphatic rings. The van der Waals surface area contributed by atoms with E-state index in [-0.39, 0.29) is 16.2 Å². The van der Waals surface area contributed by atoms with Crippen molar-refractivity contribution in [2.45, 2.75) is 31.3 Å². The molecule has 0 aliphatic carbocycles. The number of aromatic nitrogens is 2. The molecule has 1 atom stereocenters. The normalized spacial score (nSPS) is 14.1. The lowest BCUT2D eigenvalue weighted by Gasteiger charge is -2.10. The van der Waals surface area contributed by atoms with Gasteiger partial charge in [0.1, 0.15) is 5.15 Å². The molecule has 0 saturated heterocycles. The zero-order valence-corrected chi connectivity index (χ0v) is 10.4. The molecule has 0 saturated carbocycles. The van der Waals surface area contributed by atoms with Crippen molar-refractivity contribution in [3.8, 4) is 0 Å². The van der Waals surface area contributed by atoms with Crippen LogP contribution >= 0.6 is 11.6 Å². The lowest BCUT2D eigenvalue weighted by molar-refractivity contribution is 0.553. The first kappa shape index (κ1) is 12.5. The molecular weight excluding hydrogens is 238 g/mol. The number of aryl methyl sites for hydroxylation is 1. The van der Waals surface area contributed by atoms with Gasteiger partial charge in [-0.1, -0.05) is 18.5 Å². The van der Waals surface area contributed by atoms with Crippen molar-refractivity contribution in [1.82, 2.24) is 14.3 Å². The van der Waals surface area contributed by atoms with Crippen molar-refractivity contribution in [3.05, 3.63) is 11.5 Å². The fraction of sp³-hybridized carbons (Fsp3) is 0.625. The van der Waals surface area contributed by atoms with Gasteiger partial charge in [-0.2, -0.15) is 0 Å². The Morgan fingerprint density at radius 2 is 2.27 bits per heavy atom. The van der Waals surface area contributed by atoms with E-state index in [1.807, 2.05) is 6.92 Å². The van der Waals surface area contributed by atoms with Gasteiger partial charge in [-0.15, -0.1) is 0 Å². The SMILES string of the molecule is CCC(C)NS(=O)(=O)c1ncn(C)c1Cl. The van der Waals surface area contributed by atoms with Crippen LogP contribution in [0.2, 0.25) is 5.15 Å². The van der Waals surface area contributed by atoms with Gasteiger partial charge in [-0.25, -0.2) is 18.1 Å². The van der Waals surface area contributed by atoms with E-state index in [4.69, 9.17) is 11.6 Å². The maximum Gasteiger partial charge on any atom is 0.261 e. The largest absolute Gasteiger partial charge is 0.324 e. The molecule has 5 nitrogen and oxygen atoms in total. The Bertz CT molecular complexity index is 441. The molecule has 0 fully saturated rings. The van der Waals surface area contributed by atoms with Crippen molar-refractivity contribution in [2.75, 3.05) is 0 Å². The van der Waals surface area contributed by atoms with Gasteiger partial charge in [0.2, 0.25) is 5.03 Å². The monoisotopic (exact) mass is 251 g/mol. The topological polar surface area (TPSA) is 64.0 Å². The molecule has 7 heteroatoms. The van der Waals surface area contributed by atoms with Gasteiger partial charge in [0.25, 0.3) is 10.0 Å². The Morgan fingerprint density at radius 1 is 1.67 bits per heavy atom. The molecule has 15 heavy (non-hydrogen) atoms. The molecular formula is C8H14ClN3O2S. The minimum absolute atomic E-state index is 0.116. The summed E-state index contributed by atoms with van der Waals surface area (Å²) in [5.74, 6) is 0. The lowest BCUT2D eigenvalue weighted by atomic mass is 10.3. The highest BCUT2D eigenvalue weighted by Crippen LogP contribution is 2.18. The average Bonchev–Trinajstić information content (AvgIpc) is 2.47. The van der Waals surface area contributed by atoms with Gasteiger partial charge < -0.3 is 4.57 Å². The van der Waals surface area contributed by atoms with Gasteiger partial charge in [-0.05, 0) is 13.3 Å². The molecule has 0 radical (unpaired) electrons. The van der Waals surface area contributed by atoms with Crippen LogP contribution in [0, 0.1) is 0 Å². The van der Waals surface area contributed by atoms with E-state index in [9.17, 15) is 8.42 Å². The Morgan fingerprint density at radius 3 is 2.67 bits per heavy atom. The molecule has 0 spiro atoms. The van der Waals surface area contributed by atoms with E-state index in [0.717, 1.165) is 0 Å². The van der Waals surface area contributed by atoms with Crippen LogP contribution in [0.15, 0.2) is 11.4 Å². The third-order valence-corrected chi connectivity index (χ3v) is 4.14. The quantitative estimate of drug-likeness (QED) is 0.873. The molecule has 0 aromatic carbocycles. The van der Waals surface area contributed by atoms with E-state index >= 15 is 0 Å². The first-order valence-corrected chi connectivity index (χ1v) is 6.43. The van der Waals surface area contributed by atoms with E-state index in [2.05, 4.69) is 9.71 Å². The second-order valence-electron chi connectivity index (χ2n) is 3.38. The van der Waals surface area contributed by atoms with Crippen LogP contribution in [0.3, 0.4) is 0 Å². The molecule has 1 unspecified atom stereocenters. The third-order valence-electron chi connectivity index (χ3n) is 2.06. The number of sulfonamides is 1. The van der Waals surface area contributed by atoms with Crippen LogP contribution in [0.1, 0.15) is 20.3 Å². The van der Waals surface area contributed by atoms with E-state index in [1.54, 1.807) is 14.0 Å². The number of halogens is 1. The summed E-state index contributed by atoms with van der Waals surface area (Å²) in [6.07, 6.45) is 2.08. The smallest absolute Gasteiger partial charge is 0.261 e. The summed E-state index contributed by atoms with van der Waals surface area (Å²) in [5.41, 5.74) is 0. The highest BCUT2D eigenvalue weighted by molar-refractivity contribution is 7.89. The van der Waals surface area contributed by atoms with E-state index in [1.165, 1.54) is 10.9 Å². The summed E-state index contributed by atoms with van der Waals surface area (Å²) in [7, 11) is -1.96. The van der Waals surface area contributed by atoms with Gasteiger partial charge in [0.05, 0.1) is 6.33 Å². The van der Waals surface area contributed by atoms with Gasteiger partial charge in [0, 0.05) is 13.1 Å². The molecule has 86 valence electrons. The zero-order valence-electron chi connectivity index (χ0n) is 8.86. The highest BCUT2D eigenvalue weighted by atomic mass is 35.5. The molecule has 1 aromatic rings. The predicted octanol–water partition coefficient (Wildman–Crippen LogP) is 1.15. The maximum absolute atomic E-state index is 11.8. The molecule has 0 aliphatic heterocycles. The molecule has 0 amide bonds. The minimum Gasteiger partial charge on any atom is -0.324 e. The molecule has 1 aromatic heterocycles. The summed E-state index contributed by atoms with van der Waals surface area (Å²) < 4.78 is 27.5. The van der Waals surface area contributed by atoms with Crippen LogP contribution in [0.4, 0.5) is 0 Å². The van der Waals surface area contributed by atoms with Gasteiger partial charge in [0.15, 0.2) is 0 Å². The first-order chi connectivity index (χ1) is 6.88.